The summed E-state index contributed by atoms with van der Waals surface area (Å²) in [7, 11) is 0. The number of aliphatic hydroxyl groups excluding tert-OH is 1. The van der Waals surface area contributed by atoms with E-state index in [0.29, 0.717) is 18.8 Å². The molecule has 0 heterocycles. The first-order chi connectivity index (χ1) is 13.0. The Morgan fingerprint density at radius 1 is 1.04 bits per heavy atom. The van der Waals surface area contributed by atoms with Crippen molar-refractivity contribution >= 4 is 5.78 Å². The minimum absolute atomic E-state index is 0.125. The van der Waals surface area contributed by atoms with Crippen LogP contribution in [0, 0.1) is 11.8 Å². The summed E-state index contributed by atoms with van der Waals surface area (Å²) >= 11 is 0. The second-order valence-corrected chi connectivity index (χ2v) is 8.35. The summed E-state index contributed by atoms with van der Waals surface area (Å²) in [6, 6.07) is 19.0. The molecule has 2 unspecified atom stereocenters. The summed E-state index contributed by atoms with van der Waals surface area (Å²) in [5, 5.41) is 9.33. The third-order valence-corrected chi connectivity index (χ3v) is 6.20. The number of carbonyl (C=O) groups excluding carboxylic acids is 1. The Morgan fingerprint density at radius 3 is 2.41 bits per heavy atom. The smallest absolute Gasteiger partial charge is 0.162 e. The standard InChI is InChI=1S/C25H32O2/c1-18(26)8-15-25(27)23-12-9-20(10-13-23)16-21-11-14-24(17-21)19(2)22-6-4-3-5-7-22/h3-7,9-10,12-13,18-19,21,24,26H,8,11,14-17H2,1-2H3/t18?,19-,21?,24+/m1/s1. The van der Waals surface area contributed by atoms with Gasteiger partial charge in [-0.25, -0.2) is 0 Å². The summed E-state index contributed by atoms with van der Waals surface area (Å²) in [6.45, 7) is 4.10. The fourth-order valence-electron chi connectivity index (χ4n) is 4.43. The van der Waals surface area contributed by atoms with E-state index < -0.39 is 6.10 Å². The third-order valence-electron chi connectivity index (χ3n) is 6.20. The molecule has 0 spiro atoms. The molecule has 0 amide bonds. The number of aliphatic hydroxyl groups is 1. The Labute approximate surface area is 163 Å². The van der Waals surface area contributed by atoms with Crippen LogP contribution < -0.4 is 0 Å². The second-order valence-electron chi connectivity index (χ2n) is 8.35. The van der Waals surface area contributed by atoms with Crippen molar-refractivity contribution in [1.82, 2.24) is 0 Å². The quantitative estimate of drug-likeness (QED) is 0.602. The van der Waals surface area contributed by atoms with Crippen LogP contribution >= 0.6 is 0 Å². The number of hydrogen-bond donors (Lipinski definition) is 1. The topological polar surface area (TPSA) is 37.3 Å². The van der Waals surface area contributed by atoms with Crippen LogP contribution in [0.5, 0.6) is 0 Å². The molecule has 144 valence electrons. The van der Waals surface area contributed by atoms with Crippen molar-refractivity contribution in [2.24, 2.45) is 11.8 Å². The summed E-state index contributed by atoms with van der Waals surface area (Å²) in [5.41, 5.74) is 3.56. The summed E-state index contributed by atoms with van der Waals surface area (Å²) in [5.74, 6) is 2.28. The average molecular weight is 365 g/mol. The van der Waals surface area contributed by atoms with Gasteiger partial charge in [0.05, 0.1) is 6.10 Å². The molecule has 2 aromatic rings. The number of Topliss-reactive ketones (excluding diaryl/α,β-unsaturated/α-hetero) is 1. The van der Waals surface area contributed by atoms with Crippen LogP contribution in [0.2, 0.25) is 0 Å². The van der Waals surface area contributed by atoms with Gasteiger partial charge in [0.2, 0.25) is 0 Å². The number of hydrogen-bond acceptors (Lipinski definition) is 2. The van der Waals surface area contributed by atoms with E-state index in [4.69, 9.17) is 0 Å². The second kappa shape index (κ2) is 9.32. The first kappa shape index (κ1) is 19.8. The third kappa shape index (κ3) is 5.52. The van der Waals surface area contributed by atoms with Crippen molar-refractivity contribution in [2.45, 2.75) is 64.4 Å². The van der Waals surface area contributed by atoms with E-state index >= 15 is 0 Å². The zero-order valence-corrected chi connectivity index (χ0v) is 16.6. The van der Waals surface area contributed by atoms with Gasteiger partial charge in [0.25, 0.3) is 0 Å². The van der Waals surface area contributed by atoms with Crippen LogP contribution in [-0.2, 0) is 6.42 Å². The normalized spacial score (nSPS) is 21.7. The molecule has 0 bridgehead atoms. The van der Waals surface area contributed by atoms with E-state index in [1.165, 1.54) is 30.4 Å². The first-order valence-electron chi connectivity index (χ1n) is 10.4. The lowest BCUT2D eigenvalue weighted by Gasteiger charge is -2.20. The minimum Gasteiger partial charge on any atom is -0.393 e. The van der Waals surface area contributed by atoms with Gasteiger partial charge in [0.1, 0.15) is 0 Å². The van der Waals surface area contributed by atoms with Crippen molar-refractivity contribution in [3.63, 3.8) is 0 Å². The SMILES string of the molecule is CC(O)CCC(=O)c1ccc(CC2CC[C@H]([C@H](C)c3ccccc3)C2)cc1. The van der Waals surface area contributed by atoms with Crippen LogP contribution in [0.1, 0.15) is 73.4 Å². The van der Waals surface area contributed by atoms with E-state index in [9.17, 15) is 9.90 Å². The predicted molar refractivity (Wildman–Crippen MR) is 111 cm³/mol. The molecule has 2 nitrogen and oxygen atoms in total. The van der Waals surface area contributed by atoms with Crippen molar-refractivity contribution in [2.75, 3.05) is 0 Å². The van der Waals surface area contributed by atoms with Gasteiger partial charge >= 0.3 is 0 Å². The molecule has 2 aromatic carbocycles. The van der Waals surface area contributed by atoms with E-state index in [-0.39, 0.29) is 5.78 Å². The Morgan fingerprint density at radius 2 is 1.74 bits per heavy atom. The van der Waals surface area contributed by atoms with Crippen LogP contribution in [0.15, 0.2) is 54.6 Å². The van der Waals surface area contributed by atoms with Gasteiger partial charge in [0.15, 0.2) is 5.78 Å². The maximum Gasteiger partial charge on any atom is 0.162 e. The highest BCUT2D eigenvalue weighted by molar-refractivity contribution is 5.96. The minimum atomic E-state index is -0.415. The molecule has 0 aromatic heterocycles. The molecule has 1 saturated carbocycles. The maximum atomic E-state index is 12.1. The Hall–Kier alpha value is -1.93. The van der Waals surface area contributed by atoms with Gasteiger partial charge in [0, 0.05) is 12.0 Å². The van der Waals surface area contributed by atoms with Gasteiger partial charge in [-0.2, -0.15) is 0 Å². The van der Waals surface area contributed by atoms with Crippen molar-refractivity contribution < 1.29 is 9.90 Å². The first-order valence-corrected chi connectivity index (χ1v) is 10.4. The fraction of sp³-hybridized carbons (Fsp3) is 0.480. The van der Waals surface area contributed by atoms with E-state index in [1.807, 2.05) is 12.1 Å². The van der Waals surface area contributed by atoms with Crippen molar-refractivity contribution in [3.8, 4) is 0 Å². The lowest BCUT2D eigenvalue weighted by Crippen LogP contribution is -2.08. The van der Waals surface area contributed by atoms with Gasteiger partial charge in [-0.15, -0.1) is 0 Å². The molecule has 0 radical (unpaired) electrons. The Kier molecular flexibility index (Phi) is 6.84. The average Bonchev–Trinajstić information content (AvgIpc) is 3.15. The van der Waals surface area contributed by atoms with Crippen LogP contribution in [-0.4, -0.2) is 17.0 Å². The predicted octanol–water partition coefficient (Wildman–Crippen LogP) is 5.79. The molecule has 1 aliphatic carbocycles. The fourth-order valence-corrected chi connectivity index (χ4v) is 4.43. The highest BCUT2D eigenvalue weighted by Gasteiger charge is 2.29. The monoisotopic (exact) mass is 364 g/mol. The van der Waals surface area contributed by atoms with Gasteiger partial charge in [-0.1, -0.05) is 61.5 Å². The molecular formula is C25H32O2. The Balaban J connectivity index is 1.52. The molecule has 0 saturated heterocycles. The zero-order chi connectivity index (χ0) is 19.2. The molecule has 4 atom stereocenters. The number of ketones is 1. The largest absolute Gasteiger partial charge is 0.393 e. The summed E-state index contributed by atoms with van der Waals surface area (Å²) in [6.07, 6.45) is 5.56. The molecular weight excluding hydrogens is 332 g/mol. The summed E-state index contributed by atoms with van der Waals surface area (Å²) in [4.78, 5) is 12.1. The summed E-state index contributed by atoms with van der Waals surface area (Å²) < 4.78 is 0. The number of benzene rings is 2. The van der Waals surface area contributed by atoms with Gasteiger partial charge in [-0.3, -0.25) is 4.79 Å². The van der Waals surface area contributed by atoms with Gasteiger partial charge < -0.3 is 5.11 Å². The number of carbonyl (C=O) groups is 1. The molecule has 1 N–H and O–H groups in total. The van der Waals surface area contributed by atoms with E-state index in [1.54, 1.807) is 6.92 Å². The molecule has 3 rings (SSSR count). The van der Waals surface area contributed by atoms with E-state index in [2.05, 4.69) is 49.4 Å². The lowest BCUT2D eigenvalue weighted by atomic mass is 9.85. The van der Waals surface area contributed by atoms with Gasteiger partial charge in [-0.05, 0) is 67.9 Å². The van der Waals surface area contributed by atoms with E-state index in [0.717, 1.165) is 23.8 Å². The highest BCUT2D eigenvalue weighted by Crippen LogP contribution is 2.41. The maximum absolute atomic E-state index is 12.1. The molecule has 1 aliphatic rings. The molecule has 1 fully saturated rings. The Bertz CT molecular complexity index is 718. The molecule has 27 heavy (non-hydrogen) atoms. The number of rotatable bonds is 8. The zero-order valence-electron chi connectivity index (χ0n) is 16.6. The molecule has 0 aliphatic heterocycles. The highest BCUT2D eigenvalue weighted by atomic mass is 16.3. The van der Waals surface area contributed by atoms with Crippen LogP contribution in [0.4, 0.5) is 0 Å². The van der Waals surface area contributed by atoms with Crippen LogP contribution in [0.25, 0.3) is 0 Å². The van der Waals surface area contributed by atoms with Crippen LogP contribution in [0.3, 0.4) is 0 Å². The van der Waals surface area contributed by atoms with Crippen molar-refractivity contribution in [1.29, 1.82) is 0 Å². The lowest BCUT2D eigenvalue weighted by molar-refractivity contribution is 0.0949. The van der Waals surface area contributed by atoms with Crippen molar-refractivity contribution in [3.05, 3.63) is 71.3 Å². The molecule has 2 heteroatoms.